The van der Waals surface area contributed by atoms with Gasteiger partial charge in [0.05, 0.1) is 36.3 Å². The molecule has 8 heteroatoms. The third-order valence-corrected chi connectivity index (χ3v) is 3.27. The van der Waals surface area contributed by atoms with Gasteiger partial charge in [-0.25, -0.2) is 4.98 Å². The van der Waals surface area contributed by atoms with Crippen molar-refractivity contribution in [2.45, 2.75) is 64.4 Å². The van der Waals surface area contributed by atoms with Crippen LogP contribution in [0.5, 0.6) is 0 Å². The van der Waals surface area contributed by atoms with Crippen molar-refractivity contribution < 1.29 is 44.4 Å². The van der Waals surface area contributed by atoms with Gasteiger partial charge in [-0.3, -0.25) is 0 Å². The number of carboxylic acid groups (broad SMARTS) is 2. The zero-order valence-corrected chi connectivity index (χ0v) is 17.7. The van der Waals surface area contributed by atoms with E-state index >= 15 is 0 Å². The van der Waals surface area contributed by atoms with Gasteiger partial charge < -0.3 is 29.9 Å². The quantitative estimate of drug-likeness (QED) is 0.313. The van der Waals surface area contributed by atoms with Crippen molar-refractivity contribution in [2.75, 3.05) is 0 Å². The molecule has 0 saturated heterocycles. The molecule has 7 nitrogen and oxygen atoms in total. The number of carbonyl (C=O) groups is 2. The molecule has 1 aromatic heterocycles. The first-order chi connectivity index (χ1) is 11.5. The first-order valence-corrected chi connectivity index (χ1v) is 8.23. The largest absolute Gasteiger partial charge is 2.00 e. The van der Waals surface area contributed by atoms with Crippen LogP contribution in [0.4, 0.5) is 0 Å². The average Bonchev–Trinajstić information content (AvgIpc) is 3.06. The Hall–Kier alpha value is -1.53. The van der Waals surface area contributed by atoms with E-state index in [1.807, 2.05) is 0 Å². The van der Waals surface area contributed by atoms with E-state index in [2.05, 4.69) is 16.9 Å². The number of unbranched alkanes of at least 4 members (excludes halogenated alkanes) is 6. The van der Waals surface area contributed by atoms with E-state index in [0.29, 0.717) is 12.1 Å². The molecule has 0 amide bonds. The molecule has 0 spiro atoms. The van der Waals surface area contributed by atoms with Crippen LogP contribution in [-0.2, 0) is 29.1 Å². The monoisotopic (exact) mass is 402 g/mol. The molecule has 0 aliphatic rings. The normalized spacial score (nSPS) is 11.3. The molecular formula is C17H26N2O5Zn. The van der Waals surface area contributed by atoms with Crippen LogP contribution in [0.25, 0.3) is 6.08 Å². The molecule has 0 bridgehead atoms. The second-order valence-electron chi connectivity index (χ2n) is 5.40. The Kier molecular flexibility index (Phi) is 17.8. The number of nitrogens with one attached hydrogen (secondary N) is 1. The van der Waals surface area contributed by atoms with Gasteiger partial charge in [0.25, 0.3) is 0 Å². The summed E-state index contributed by atoms with van der Waals surface area (Å²) in [5.74, 6) is -2.56. The number of imidazole rings is 1. The molecule has 1 heterocycles. The first-order valence-electron chi connectivity index (χ1n) is 8.23. The summed E-state index contributed by atoms with van der Waals surface area (Å²) < 4.78 is 0. The minimum absolute atomic E-state index is 0. The molecule has 0 fully saturated rings. The summed E-state index contributed by atoms with van der Waals surface area (Å²) in [7, 11) is 0. The van der Waals surface area contributed by atoms with Crippen molar-refractivity contribution in [3.8, 4) is 0 Å². The summed E-state index contributed by atoms with van der Waals surface area (Å²) in [6, 6.07) is 0. The maximum atomic E-state index is 10.1. The number of aliphatic carboxylic acids is 2. The van der Waals surface area contributed by atoms with Crippen LogP contribution >= 0.6 is 0 Å². The first kappa shape index (κ1) is 25.7. The summed E-state index contributed by atoms with van der Waals surface area (Å²) in [5, 5.41) is 28.9. The van der Waals surface area contributed by atoms with E-state index < -0.39 is 18.0 Å². The number of H-pyrrole nitrogens is 1. The fraction of sp³-hybridized carbons (Fsp3) is 0.588. The number of aromatic amines is 1. The minimum atomic E-state index is -1.35. The number of carbonyl (C=O) groups excluding carboxylic acids is 2. The Bertz CT molecular complexity index is 477. The average molecular weight is 404 g/mol. The number of aliphatic hydroxyl groups excluding tert-OH is 1. The molecule has 1 aromatic rings. The van der Waals surface area contributed by atoms with Gasteiger partial charge in [-0.2, -0.15) is 0 Å². The Balaban J connectivity index is 0. The Morgan fingerprint density at radius 2 is 1.80 bits per heavy atom. The predicted molar refractivity (Wildman–Crippen MR) is 86.3 cm³/mol. The number of carboxylic acids is 2. The molecule has 2 N–H and O–H groups in total. The standard InChI is InChI=1S/C11H22O3.C6H6N2O2.Zn/c1-2-3-4-5-6-7-8-9-10(12)11(13)14;9-6(10)2-1-5-3-7-4-8-5;/h10,12H,2-9H2,1H3,(H,13,14);1-4H,(H,7,8)(H,9,10);/q;;+2/p-2. The van der Waals surface area contributed by atoms with Crippen molar-refractivity contribution >= 4 is 18.0 Å². The second kappa shape index (κ2) is 17.3. The zero-order chi connectivity index (χ0) is 18.2. The van der Waals surface area contributed by atoms with Crippen LogP contribution in [-0.4, -0.2) is 33.1 Å². The van der Waals surface area contributed by atoms with E-state index in [9.17, 15) is 19.8 Å². The fourth-order valence-corrected chi connectivity index (χ4v) is 1.93. The third-order valence-electron chi connectivity index (χ3n) is 3.27. The Labute approximate surface area is 161 Å². The predicted octanol–water partition coefficient (Wildman–Crippen LogP) is 0.408. The summed E-state index contributed by atoms with van der Waals surface area (Å²) >= 11 is 0. The summed E-state index contributed by atoms with van der Waals surface area (Å²) in [4.78, 5) is 26.4. The van der Waals surface area contributed by atoms with Crippen LogP contribution in [0, 0.1) is 0 Å². The van der Waals surface area contributed by atoms with Gasteiger partial charge in [-0.15, -0.1) is 0 Å². The molecule has 0 aliphatic carbocycles. The molecule has 136 valence electrons. The van der Waals surface area contributed by atoms with E-state index in [-0.39, 0.29) is 19.5 Å². The van der Waals surface area contributed by atoms with E-state index in [0.717, 1.165) is 25.3 Å². The summed E-state index contributed by atoms with van der Waals surface area (Å²) in [6.07, 6.45) is 12.3. The van der Waals surface area contributed by atoms with Gasteiger partial charge in [-0.05, 0) is 18.6 Å². The van der Waals surface area contributed by atoms with Crippen molar-refractivity contribution in [2.24, 2.45) is 0 Å². The van der Waals surface area contributed by atoms with Crippen molar-refractivity contribution in [3.05, 3.63) is 24.3 Å². The summed E-state index contributed by atoms with van der Waals surface area (Å²) in [5.41, 5.74) is 0.643. The van der Waals surface area contributed by atoms with Gasteiger partial charge in [0.2, 0.25) is 0 Å². The molecular weight excluding hydrogens is 378 g/mol. The second-order valence-corrected chi connectivity index (χ2v) is 5.40. The number of hydrogen-bond donors (Lipinski definition) is 2. The number of hydrogen-bond acceptors (Lipinski definition) is 6. The molecule has 25 heavy (non-hydrogen) atoms. The van der Waals surface area contributed by atoms with Crippen LogP contribution < -0.4 is 10.2 Å². The molecule has 1 unspecified atom stereocenters. The number of nitrogens with zero attached hydrogens (tertiary/aromatic N) is 1. The molecule has 1 rings (SSSR count). The Morgan fingerprint density at radius 3 is 2.28 bits per heavy atom. The smallest absolute Gasteiger partial charge is 0.547 e. The van der Waals surface area contributed by atoms with Crippen LogP contribution in [0.3, 0.4) is 0 Å². The SMILES string of the molecule is CCCCCCCCCC(O)C(=O)[O-].O=C([O-])C=Cc1cnc[nH]1.[Zn+2]. The topological polar surface area (TPSA) is 129 Å². The van der Waals surface area contributed by atoms with Gasteiger partial charge in [0, 0.05) is 0 Å². The van der Waals surface area contributed by atoms with E-state index in [1.165, 1.54) is 44.3 Å². The molecule has 0 aliphatic heterocycles. The van der Waals surface area contributed by atoms with Crippen LogP contribution in [0.1, 0.15) is 64.0 Å². The molecule has 0 saturated carbocycles. The van der Waals surface area contributed by atoms with Crippen molar-refractivity contribution in [1.29, 1.82) is 0 Å². The van der Waals surface area contributed by atoms with E-state index in [1.54, 1.807) is 0 Å². The van der Waals surface area contributed by atoms with Crippen LogP contribution in [0.15, 0.2) is 18.6 Å². The Morgan fingerprint density at radius 1 is 1.20 bits per heavy atom. The number of rotatable bonds is 11. The van der Waals surface area contributed by atoms with Crippen molar-refractivity contribution in [1.82, 2.24) is 9.97 Å². The number of aliphatic hydroxyl groups is 1. The van der Waals surface area contributed by atoms with Gasteiger partial charge in [0.1, 0.15) is 0 Å². The van der Waals surface area contributed by atoms with Crippen molar-refractivity contribution in [3.63, 3.8) is 0 Å². The van der Waals surface area contributed by atoms with Crippen LogP contribution in [0.2, 0.25) is 0 Å². The molecule has 0 radical (unpaired) electrons. The zero-order valence-electron chi connectivity index (χ0n) is 14.8. The molecule has 0 aromatic carbocycles. The summed E-state index contributed by atoms with van der Waals surface area (Å²) in [6.45, 7) is 2.18. The van der Waals surface area contributed by atoms with E-state index in [4.69, 9.17) is 5.11 Å². The fourth-order valence-electron chi connectivity index (χ4n) is 1.93. The minimum Gasteiger partial charge on any atom is -0.547 e. The molecule has 1 atom stereocenters. The maximum absolute atomic E-state index is 10.1. The van der Waals surface area contributed by atoms with Gasteiger partial charge >= 0.3 is 19.5 Å². The van der Waals surface area contributed by atoms with Gasteiger partial charge in [0.15, 0.2) is 0 Å². The van der Waals surface area contributed by atoms with Gasteiger partial charge in [-0.1, -0.05) is 51.9 Å². The third kappa shape index (κ3) is 17.1. The maximum Gasteiger partial charge on any atom is 2.00 e. The number of aromatic nitrogens is 2.